The van der Waals surface area contributed by atoms with E-state index < -0.39 is 5.60 Å². The lowest BCUT2D eigenvalue weighted by atomic mass is 9.82. The van der Waals surface area contributed by atoms with Crippen molar-refractivity contribution in [2.24, 2.45) is 11.3 Å². The number of carbonyl (C=O) groups excluding carboxylic acids is 1. The van der Waals surface area contributed by atoms with Crippen LogP contribution in [0.2, 0.25) is 0 Å². The third kappa shape index (κ3) is 5.43. The number of piperidine rings is 1. The molecule has 22 heavy (non-hydrogen) atoms. The normalized spacial score (nSPS) is 29.6. The van der Waals surface area contributed by atoms with Gasteiger partial charge in [0, 0.05) is 32.8 Å². The topological polar surface area (TPSA) is 50.8 Å². The molecule has 2 aliphatic heterocycles. The molecule has 2 rings (SSSR count). The van der Waals surface area contributed by atoms with E-state index in [4.69, 9.17) is 9.47 Å². The Morgan fingerprint density at radius 2 is 2.23 bits per heavy atom. The number of amides is 1. The van der Waals surface area contributed by atoms with E-state index in [2.05, 4.69) is 12.2 Å². The van der Waals surface area contributed by atoms with Crippen LogP contribution in [0.3, 0.4) is 0 Å². The third-order valence-electron chi connectivity index (χ3n) is 4.44. The van der Waals surface area contributed by atoms with Gasteiger partial charge in [0.25, 0.3) is 0 Å². The Morgan fingerprint density at radius 3 is 2.86 bits per heavy atom. The van der Waals surface area contributed by atoms with Crippen LogP contribution in [0, 0.1) is 11.3 Å². The lowest BCUT2D eigenvalue weighted by Gasteiger charge is -2.41. The van der Waals surface area contributed by atoms with Crippen LogP contribution in [0.1, 0.15) is 47.0 Å². The summed E-state index contributed by atoms with van der Waals surface area (Å²) in [7, 11) is 0. The minimum atomic E-state index is -0.425. The van der Waals surface area contributed by atoms with Gasteiger partial charge in [-0.2, -0.15) is 0 Å². The Labute approximate surface area is 134 Å². The summed E-state index contributed by atoms with van der Waals surface area (Å²) < 4.78 is 10.9. The van der Waals surface area contributed by atoms with Crippen molar-refractivity contribution in [3.05, 3.63) is 0 Å². The van der Waals surface area contributed by atoms with E-state index in [9.17, 15) is 4.79 Å². The maximum atomic E-state index is 12.3. The van der Waals surface area contributed by atoms with Crippen LogP contribution >= 0.6 is 0 Å². The summed E-state index contributed by atoms with van der Waals surface area (Å²) in [4.78, 5) is 14.1. The molecule has 1 amide bonds. The minimum Gasteiger partial charge on any atom is -0.444 e. The molecule has 0 aliphatic carbocycles. The van der Waals surface area contributed by atoms with Gasteiger partial charge in [-0.1, -0.05) is 6.92 Å². The van der Waals surface area contributed by atoms with Crippen molar-refractivity contribution in [1.29, 1.82) is 0 Å². The van der Waals surface area contributed by atoms with Gasteiger partial charge in [0.05, 0.1) is 6.61 Å². The molecule has 128 valence electrons. The van der Waals surface area contributed by atoms with Crippen molar-refractivity contribution < 1.29 is 14.3 Å². The molecule has 2 unspecified atom stereocenters. The molecule has 0 bridgehead atoms. The largest absolute Gasteiger partial charge is 0.444 e. The standard InChI is InChI=1S/C17H32N2O3/c1-16(2,3)22-15(20)19-8-5-7-17(4,13-19)12-18-10-14-6-9-21-11-14/h14,18H,5-13H2,1-4H3. The summed E-state index contributed by atoms with van der Waals surface area (Å²) in [5.41, 5.74) is -0.291. The van der Waals surface area contributed by atoms with E-state index in [1.165, 1.54) is 0 Å². The molecule has 0 spiro atoms. The highest BCUT2D eigenvalue weighted by molar-refractivity contribution is 5.68. The quantitative estimate of drug-likeness (QED) is 0.867. The van der Waals surface area contributed by atoms with Gasteiger partial charge >= 0.3 is 6.09 Å². The molecule has 0 saturated carbocycles. The lowest BCUT2D eigenvalue weighted by Crippen LogP contribution is -2.50. The zero-order valence-corrected chi connectivity index (χ0v) is 14.6. The van der Waals surface area contributed by atoms with Gasteiger partial charge < -0.3 is 19.7 Å². The van der Waals surface area contributed by atoms with Crippen molar-refractivity contribution in [3.63, 3.8) is 0 Å². The Bertz CT molecular complexity index is 375. The monoisotopic (exact) mass is 312 g/mol. The number of rotatable bonds is 4. The van der Waals surface area contributed by atoms with E-state index >= 15 is 0 Å². The van der Waals surface area contributed by atoms with Gasteiger partial charge in [-0.3, -0.25) is 0 Å². The van der Waals surface area contributed by atoms with Crippen LogP contribution in [0.15, 0.2) is 0 Å². The predicted octanol–water partition coefficient (Wildman–Crippen LogP) is 2.65. The summed E-state index contributed by atoms with van der Waals surface area (Å²) >= 11 is 0. The predicted molar refractivity (Wildman–Crippen MR) is 86.9 cm³/mol. The molecular formula is C17H32N2O3. The molecule has 5 heteroatoms. The maximum absolute atomic E-state index is 12.3. The van der Waals surface area contributed by atoms with Crippen LogP contribution < -0.4 is 5.32 Å². The van der Waals surface area contributed by atoms with Crippen LogP contribution in [0.25, 0.3) is 0 Å². The van der Waals surface area contributed by atoms with Crippen molar-refractivity contribution in [3.8, 4) is 0 Å². The average molecular weight is 312 g/mol. The average Bonchev–Trinajstić information content (AvgIpc) is 2.90. The fourth-order valence-electron chi connectivity index (χ4n) is 3.26. The molecule has 5 nitrogen and oxygen atoms in total. The van der Waals surface area contributed by atoms with E-state index in [0.29, 0.717) is 5.92 Å². The fourth-order valence-corrected chi connectivity index (χ4v) is 3.26. The van der Waals surface area contributed by atoms with Crippen molar-refractivity contribution >= 4 is 6.09 Å². The first-order valence-electron chi connectivity index (χ1n) is 8.54. The molecule has 2 aliphatic rings. The summed E-state index contributed by atoms with van der Waals surface area (Å²) in [5.74, 6) is 0.647. The third-order valence-corrected chi connectivity index (χ3v) is 4.44. The zero-order chi connectivity index (χ0) is 16.2. The Morgan fingerprint density at radius 1 is 1.45 bits per heavy atom. The van der Waals surface area contributed by atoms with Crippen molar-refractivity contribution in [1.82, 2.24) is 10.2 Å². The summed E-state index contributed by atoms with van der Waals surface area (Å²) in [5, 5.41) is 3.59. The highest BCUT2D eigenvalue weighted by atomic mass is 16.6. The highest BCUT2D eigenvalue weighted by Gasteiger charge is 2.34. The Balaban J connectivity index is 1.78. The van der Waals surface area contributed by atoms with E-state index in [1.54, 1.807) is 0 Å². The van der Waals surface area contributed by atoms with E-state index in [1.807, 2.05) is 25.7 Å². The number of nitrogens with zero attached hydrogens (tertiary/aromatic N) is 1. The van der Waals surface area contributed by atoms with Crippen LogP contribution in [-0.4, -0.2) is 56.0 Å². The number of likely N-dealkylation sites (tertiary alicyclic amines) is 1. The van der Waals surface area contributed by atoms with Crippen molar-refractivity contribution in [2.45, 2.75) is 52.6 Å². The second kappa shape index (κ2) is 7.18. The van der Waals surface area contributed by atoms with Gasteiger partial charge in [-0.25, -0.2) is 4.79 Å². The number of nitrogens with one attached hydrogen (secondary N) is 1. The highest BCUT2D eigenvalue weighted by Crippen LogP contribution is 2.29. The Kier molecular flexibility index (Phi) is 5.72. The number of ether oxygens (including phenoxy) is 2. The van der Waals surface area contributed by atoms with E-state index in [0.717, 1.165) is 58.7 Å². The van der Waals surface area contributed by atoms with Gasteiger partial charge in [-0.15, -0.1) is 0 Å². The number of hydrogen-bond donors (Lipinski definition) is 1. The van der Waals surface area contributed by atoms with Crippen LogP contribution in [-0.2, 0) is 9.47 Å². The molecule has 2 fully saturated rings. The first kappa shape index (κ1) is 17.5. The second-order valence-electron chi connectivity index (χ2n) is 8.18. The molecular weight excluding hydrogens is 280 g/mol. The van der Waals surface area contributed by atoms with Gasteiger partial charge in [0.1, 0.15) is 5.60 Å². The number of hydrogen-bond acceptors (Lipinski definition) is 4. The van der Waals surface area contributed by atoms with Crippen LogP contribution in [0.5, 0.6) is 0 Å². The summed E-state index contributed by atoms with van der Waals surface area (Å²) in [6.07, 6.45) is 3.18. The van der Waals surface area contributed by atoms with Crippen LogP contribution in [0.4, 0.5) is 4.79 Å². The van der Waals surface area contributed by atoms with E-state index in [-0.39, 0.29) is 11.5 Å². The molecule has 2 heterocycles. The SMILES string of the molecule is CC1(CNCC2CCOC2)CCCN(C(=O)OC(C)(C)C)C1. The van der Waals surface area contributed by atoms with Gasteiger partial charge in [0.15, 0.2) is 0 Å². The number of carbonyl (C=O) groups is 1. The van der Waals surface area contributed by atoms with Crippen molar-refractivity contribution in [2.75, 3.05) is 39.4 Å². The fraction of sp³-hybridized carbons (Fsp3) is 0.941. The summed E-state index contributed by atoms with van der Waals surface area (Å²) in [6.45, 7) is 13.3. The minimum absolute atomic E-state index is 0.134. The maximum Gasteiger partial charge on any atom is 0.410 e. The molecule has 0 aromatic carbocycles. The lowest BCUT2D eigenvalue weighted by molar-refractivity contribution is 0.00670. The van der Waals surface area contributed by atoms with Gasteiger partial charge in [-0.05, 0) is 51.4 Å². The molecule has 2 saturated heterocycles. The first-order valence-corrected chi connectivity index (χ1v) is 8.54. The van der Waals surface area contributed by atoms with Gasteiger partial charge in [0.2, 0.25) is 0 Å². The molecule has 2 atom stereocenters. The zero-order valence-electron chi connectivity index (χ0n) is 14.6. The molecule has 0 radical (unpaired) electrons. The molecule has 1 N–H and O–H groups in total. The molecule has 0 aromatic heterocycles. The molecule has 0 aromatic rings. The second-order valence-corrected chi connectivity index (χ2v) is 8.18. The first-order chi connectivity index (χ1) is 10.3. The summed E-state index contributed by atoms with van der Waals surface area (Å²) in [6, 6.07) is 0. The smallest absolute Gasteiger partial charge is 0.410 e. The Hall–Kier alpha value is -0.810.